The molecule has 1 aliphatic rings. The van der Waals surface area contributed by atoms with Gasteiger partial charge in [-0.2, -0.15) is 0 Å². The highest BCUT2D eigenvalue weighted by atomic mass is 16.5. The molecule has 3 atom stereocenters. The van der Waals surface area contributed by atoms with Gasteiger partial charge in [-0.15, -0.1) is 0 Å². The lowest BCUT2D eigenvalue weighted by Crippen LogP contribution is -3.14. The summed E-state index contributed by atoms with van der Waals surface area (Å²) in [5.74, 6) is 2.84. The van der Waals surface area contributed by atoms with Crippen LogP contribution >= 0.6 is 0 Å². The molecule has 1 aromatic carbocycles. The molecule has 2 heteroatoms. The Morgan fingerprint density at radius 2 is 1.85 bits per heavy atom. The normalized spacial score (nSPS) is 26.4. The molecule has 0 aromatic heterocycles. The van der Waals surface area contributed by atoms with Crippen LogP contribution in [0.2, 0.25) is 0 Å². The van der Waals surface area contributed by atoms with Gasteiger partial charge < -0.3 is 9.64 Å². The summed E-state index contributed by atoms with van der Waals surface area (Å²) in [5, 5.41) is 0. The summed E-state index contributed by atoms with van der Waals surface area (Å²) in [6, 6.07) is 8.41. The molecule has 1 unspecified atom stereocenters. The van der Waals surface area contributed by atoms with E-state index in [0.29, 0.717) is 0 Å². The summed E-state index contributed by atoms with van der Waals surface area (Å²) < 4.78 is 5.96. The number of aryl methyl sites for hydroxylation is 1. The van der Waals surface area contributed by atoms with Crippen molar-refractivity contribution in [2.24, 2.45) is 11.8 Å². The third-order valence-electron chi connectivity index (χ3n) is 4.36. The summed E-state index contributed by atoms with van der Waals surface area (Å²) in [6.45, 7) is 11.8. The van der Waals surface area contributed by atoms with E-state index in [-0.39, 0.29) is 0 Å². The average molecular weight is 276 g/mol. The summed E-state index contributed by atoms with van der Waals surface area (Å²) in [7, 11) is 0. The fraction of sp³-hybridized carbons (Fsp3) is 0.667. The van der Waals surface area contributed by atoms with E-state index < -0.39 is 0 Å². The van der Waals surface area contributed by atoms with Gasteiger partial charge in [-0.05, 0) is 24.5 Å². The van der Waals surface area contributed by atoms with E-state index in [1.807, 2.05) is 0 Å². The second-order valence-electron chi connectivity index (χ2n) is 6.52. The van der Waals surface area contributed by atoms with Gasteiger partial charge in [0.15, 0.2) is 0 Å². The molecule has 20 heavy (non-hydrogen) atoms. The molecular formula is C18H30NO+. The van der Waals surface area contributed by atoms with E-state index in [9.17, 15) is 0 Å². The first-order chi connectivity index (χ1) is 9.69. The zero-order chi connectivity index (χ0) is 14.4. The van der Waals surface area contributed by atoms with Gasteiger partial charge in [0.2, 0.25) is 0 Å². The Hall–Kier alpha value is -1.02. The summed E-state index contributed by atoms with van der Waals surface area (Å²) >= 11 is 0. The van der Waals surface area contributed by atoms with Crippen LogP contribution in [0.1, 0.15) is 39.2 Å². The van der Waals surface area contributed by atoms with Crippen LogP contribution < -0.4 is 9.64 Å². The van der Waals surface area contributed by atoms with Crippen LogP contribution in [0.4, 0.5) is 0 Å². The molecule has 1 N–H and O–H groups in total. The average Bonchev–Trinajstić information content (AvgIpc) is 2.43. The Balaban J connectivity index is 1.71. The van der Waals surface area contributed by atoms with Crippen LogP contribution in [0.3, 0.4) is 0 Å². The summed E-state index contributed by atoms with van der Waals surface area (Å²) in [6.07, 6.45) is 3.61. The molecule has 0 spiro atoms. The minimum absolute atomic E-state index is 0.850. The first-order valence-electron chi connectivity index (χ1n) is 8.23. The number of ether oxygens (including phenoxy) is 1. The minimum atomic E-state index is 0.850. The van der Waals surface area contributed by atoms with Crippen molar-refractivity contribution in [1.29, 1.82) is 0 Å². The monoisotopic (exact) mass is 276 g/mol. The first-order valence-corrected chi connectivity index (χ1v) is 8.23. The lowest BCUT2D eigenvalue weighted by Gasteiger charge is -2.32. The number of likely N-dealkylation sites (tertiary alicyclic amines) is 1. The van der Waals surface area contributed by atoms with Crippen LogP contribution in [0, 0.1) is 11.8 Å². The molecule has 1 aromatic rings. The smallest absolute Gasteiger partial charge is 0.122 e. The Bertz CT molecular complexity index is 394. The van der Waals surface area contributed by atoms with Crippen molar-refractivity contribution in [2.45, 2.75) is 40.0 Å². The second kappa shape index (κ2) is 7.68. The molecule has 1 aliphatic heterocycles. The number of hydrogen-bond donors (Lipinski definition) is 1. The Kier molecular flexibility index (Phi) is 5.90. The number of para-hydroxylation sites is 1. The predicted octanol–water partition coefficient (Wildman–Crippen LogP) is 2.58. The Morgan fingerprint density at radius 1 is 1.15 bits per heavy atom. The molecular weight excluding hydrogens is 246 g/mol. The quantitative estimate of drug-likeness (QED) is 0.789. The maximum atomic E-state index is 5.96. The zero-order valence-corrected chi connectivity index (χ0v) is 13.3. The van der Waals surface area contributed by atoms with Gasteiger partial charge in [-0.25, -0.2) is 0 Å². The molecule has 1 heterocycles. The van der Waals surface area contributed by atoms with Crippen LogP contribution in [0.5, 0.6) is 5.75 Å². The number of quaternary nitrogens is 1. The van der Waals surface area contributed by atoms with Crippen molar-refractivity contribution in [1.82, 2.24) is 0 Å². The number of piperidine rings is 1. The highest BCUT2D eigenvalue weighted by molar-refractivity contribution is 5.33. The van der Waals surface area contributed by atoms with Crippen molar-refractivity contribution in [3.63, 3.8) is 0 Å². The van der Waals surface area contributed by atoms with Gasteiger partial charge >= 0.3 is 0 Å². The van der Waals surface area contributed by atoms with E-state index in [2.05, 4.69) is 45.0 Å². The predicted molar refractivity (Wildman–Crippen MR) is 84.4 cm³/mol. The molecule has 112 valence electrons. The van der Waals surface area contributed by atoms with Gasteiger partial charge in [-0.3, -0.25) is 0 Å². The van der Waals surface area contributed by atoms with Gasteiger partial charge in [0.05, 0.1) is 26.2 Å². The van der Waals surface area contributed by atoms with Crippen LogP contribution in [-0.4, -0.2) is 26.2 Å². The highest BCUT2D eigenvalue weighted by Crippen LogP contribution is 2.18. The summed E-state index contributed by atoms with van der Waals surface area (Å²) in [5.41, 5.74) is 1.32. The topological polar surface area (TPSA) is 13.7 Å². The van der Waals surface area contributed by atoms with Gasteiger partial charge in [0.1, 0.15) is 5.75 Å². The van der Waals surface area contributed by atoms with Crippen molar-refractivity contribution >= 4 is 0 Å². The molecule has 0 saturated carbocycles. The molecule has 0 aliphatic carbocycles. The number of rotatable bonds is 6. The minimum Gasteiger partial charge on any atom is -0.493 e. The third-order valence-corrected chi connectivity index (χ3v) is 4.36. The van der Waals surface area contributed by atoms with Crippen molar-refractivity contribution in [3.05, 3.63) is 29.8 Å². The van der Waals surface area contributed by atoms with Gasteiger partial charge in [-0.1, -0.05) is 39.0 Å². The molecule has 1 saturated heterocycles. The molecule has 1 fully saturated rings. The molecule has 2 nitrogen and oxygen atoms in total. The number of benzene rings is 1. The van der Waals surface area contributed by atoms with Crippen LogP contribution in [-0.2, 0) is 6.42 Å². The third kappa shape index (κ3) is 4.52. The van der Waals surface area contributed by atoms with E-state index in [4.69, 9.17) is 4.74 Å². The van der Waals surface area contributed by atoms with Crippen molar-refractivity contribution < 1.29 is 9.64 Å². The maximum absolute atomic E-state index is 5.96. The second-order valence-corrected chi connectivity index (χ2v) is 6.52. The van der Waals surface area contributed by atoms with E-state index >= 15 is 0 Å². The fourth-order valence-corrected chi connectivity index (χ4v) is 3.57. The molecule has 0 bridgehead atoms. The van der Waals surface area contributed by atoms with E-state index in [1.165, 1.54) is 31.6 Å². The van der Waals surface area contributed by atoms with Crippen molar-refractivity contribution in [2.75, 3.05) is 26.2 Å². The lowest BCUT2D eigenvalue weighted by atomic mass is 9.92. The van der Waals surface area contributed by atoms with Gasteiger partial charge in [0.25, 0.3) is 0 Å². The van der Waals surface area contributed by atoms with Crippen molar-refractivity contribution in [3.8, 4) is 5.75 Å². The number of hydrogen-bond acceptors (Lipinski definition) is 1. The summed E-state index contributed by atoms with van der Waals surface area (Å²) in [4.78, 5) is 1.77. The largest absolute Gasteiger partial charge is 0.493 e. The zero-order valence-electron chi connectivity index (χ0n) is 13.3. The van der Waals surface area contributed by atoms with E-state index in [0.717, 1.165) is 37.0 Å². The maximum Gasteiger partial charge on any atom is 0.122 e. The Labute approximate surface area is 124 Å². The SMILES string of the molecule is CCc1ccccc1OCCC[NH+]1C[C@H](C)C[C@H](C)C1. The Morgan fingerprint density at radius 3 is 2.55 bits per heavy atom. The van der Waals surface area contributed by atoms with Crippen LogP contribution in [0.15, 0.2) is 24.3 Å². The fourth-order valence-electron chi connectivity index (χ4n) is 3.57. The molecule has 2 rings (SSSR count). The highest BCUT2D eigenvalue weighted by Gasteiger charge is 2.24. The number of nitrogens with one attached hydrogen (secondary N) is 1. The van der Waals surface area contributed by atoms with E-state index in [1.54, 1.807) is 4.90 Å². The molecule has 0 radical (unpaired) electrons. The lowest BCUT2D eigenvalue weighted by molar-refractivity contribution is -0.912. The standard InChI is InChI=1S/C18H29NO/c1-4-17-8-5-6-9-18(17)20-11-7-10-19-13-15(2)12-16(3)14-19/h5-6,8-9,15-16H,4,7,10-14H2,1-3H3/p+1/t15-,16+. The van der Waals surface area contributed by atoms with Gasteiger partial charge in [0, 0.05) is 18.3 Å². The first kappa shape index (κ1) is 15.4. The van der Waals surface area contributed by atoms with Crippen LogP contribution in [0.25, 0.3) is 0 Å². The molecule has 0 amide bonds.